The van der Waals surface area contributed by atoms with Crippen LogP contribution in [-0.2, 0) is 15.0 Å². The van der Waals surface area contributed by atoms with Gasteiger partial charge in [0.1, 0.15) is 0 Å². The summed E-state index contributed by atoms with van der Waals surface area (Å²) < 4.78 is 28.0. The van der Waals surface area contributed by atoms with Gasteiger partial charge in [-0.15, -0.1) is 0 Å². The number of carbonyl (C=O) groups is 1. The molecule has 6 nitrogen and oxygen atoms in total. The lowest BCUT2D eigenvalue weighted by Gasteiger charge is -2.18. The Hall–Kier alpha value is -0.660. The molecule has 0 radical (unpaired) electrons. The molecule has 0 spiro atoms. The summed E-state index contributed by atoms with van der Waals surface area (Å²) in [4.78, 5) is 10.6. The Bertz CT molecular complexity index is 391. The van der Waals surface area contributed by atoms with Gasteiger partial charge in [0, 0.05) is 26.1 Å². The van der Waals surface area contributed by atoms with E-state index in [0.717, 1.165) is 25.7 Å². The van der Waals surface area contributed by atoms with Crippen molar-refractivity contribution in [3.05, 3.63) is 0 Å². The van der Waals surface area contributed by atoms with Crippen molar-refractivity contribution in [2.75, 3.05) is 19.6 Å². The second-order valence-electron chi connectivity index (χ2n) is 5.38. The Kier molecular flexibility index (Phi) is 7.47. The summed E-state index contributed by atoms with van der Waals surface area (Å²) in [6.07, 6.45) is 5.27. The van der Waals surface area contributed by atoms with Gasteiger partial charge in [-0.05, 0) is 31.6 Å². The summed E-state index contributed by atoms with van der Waals surface area (Å²) >= 11 is 0. The normalized spacial score (nSPS) is 18.2. The third-order valence-corrected chi connectivity index (χ3v) is 5.32. The van der Waals surface area contributed by atoms with E-state index in [-0.39, 0.29) is 12.3 Å². The summed E-state index contributed by atoms with van der Waals surface area (Å²) in [6, 6.07) is 0. The van der Waals surface area contributed by atoms with E-state index >= 15 is 0 Å². The maximum absolute atomic E-state index is 12.0. The first-order valence-electron chi connectivity index (χ1n) is 7.42. The van der Waals surface area contributed by atoms with Crippen LogP contribution in [-0.4, -0.2) is 43.4 Å². The molecule has 0 aromatic carbocycles. The zero-order valence-electron chi connectivity index (χ0n) is 12.2. The van der Waals surface area contributed by atoms with Crippen molar-refractivity contribution in [2.45, 2.75) is 51.9 Å². The predicted octanol–water partition coefficient (Wildman–Crippen LogP) is 1.59. The smallest absolute Gasteiger partial charge is 0.303 e. The molecule has 1 saturated heterocycles. The van der Waals surface area contributed by atoms with Crippen molar-refractivity contribution in [1.82, 2.24) is 9.03 Å². The molecule has 1 heterocycles. The summed E-state index contributed by atoms with van der Waals surface area (Å²) in [7, 11) is -3.33. The van der Waals surface area contributed by atoms with Crippen molar-refractivity contribution in [2.24, 2.45) is 5.92 Å². The van der Waals surface area contributed by atoms with Crippen LogP contribution in [0.2, 0.25) is 0 Å². The molecule has 1 aliphatic heterocycles. The number of carboxylic acids is 1. The lowest BCUT2D eigenvalue weighted by atomic mass is 9.95. The van der Waals surface area contributed by atoms with Crippen LogP contribution in [0.5, 0.6) is 0 Å². The lowest BCUT2D eigenvalue weighted by Crippen LogP contribution is -2.39. The van der Waals surface area contributed by atoms with E-state index < -0.39 is 16.2 Å². The average Bonchev–Trinajstić information content (AvgIpc) is 2.90. The fourth-order valence-corrected chi connectivity index (χ4v) is 3.88. The first kappa shape index (κ1) is 17.4. The number of hydrogen-bond donors (Lipinski definition) is 2. The largest absolute Gasteiger partial charge is 0.481 e. The molecule has 1 unspecified atom stereocenters. The Balaban J connectivity index is 2.33. The average molecular weight is 306 g/mol. The highest BCUT2D eigenvalue weighted by molar-refractivity contribution is 7.87. The number of hydrogen-bond acceptors (Lipinski definition) is 3. The molecule has 1 aliphatic rings. The fourth-order valence-electron chi connectivity index (χ4n) is 2.58. The third-order valence-electron chi connectivity index (χ3n) is 3.71. The molecule has 0 saturated carbocycles. The minimum atomic E-state index is -3.33. The zero-order chi connectivity index (χ0) is 15.0. The molecule has 1 atom stereocenters. The van der Waals surface area contributed by atoms with E-state index in [2.05, 4.69) is 11.6 Å². The second kappa shape index (κ2) is 8.59. The molecule has 1 rings (SSSR count). The molecule has 7 heteroatoms. The van der Waals surface area contributed by atoms with Crippen molar-refractivity contribution in [3.8, 4) is 0 Å². The van der Waals surface area contributed by atoms with Gasteiger partial charge in [-0.1, -0.05) is 19.8 Å². The molecule has 0 bridgehead atoms. The van der Waals surface area contributed by atoms with Gasteiger partial charge in [0.15, 0.2) is 0 Å². The van der Waals surface area contributed by atoms with Gasteiger partial charge in [-0.25, -0.2) is 4.72 Å². The van der Waals surface area contributed by atoms with E-state index in [4.69, 9.17) is 5.11 Å². The number of aliphatic carboxylic acids is 1. The van der Waals surface area contributed by atoms with Crippen LogP contribution in [0.1, 0.15) is 51.9 Å². The first-order chi connectivity index (χ1) is 9.45. The van der Waals surface area contributed by atoms with E-state index in [0.29, 0.717) is 32.5 Å². The highest BCUT2D eigenvalue weighted by atomic mass is 32.2. The van der Waals surface area contributed by atoms with Gasteiger partial charge in [-0.3, -0.25) is 4.79 Å². The maximum atomic E-state index is 12.0. The minimum Gasteiger partial charge on any atom is -0.481 e. The van der Waals surface area contributed by atoms with Crippen LogP contribution in [0.25, 0.3) is 0 Å². The van der Waals surface area contributed by atoms with Gasteiger partial charge < -0.3 is 5.11 Å². The van der Waals surface area contributed by atoms with Crippen molar-refractivity contribution in [3.63, 3.8) is 0 Å². The zero-order valence-corrected chi connectivity index (χ0v) is 13.0. The van der Waals surface area contributed by atoms with Gasteiger partial charge >= 0.3 is 5.97 Å². The van der Waals surface area contributed by atoms with Crippen molar-refractivity contribution >= 4 is 16.2 Å². The monoisotopic (exact) mass is 306 g/mol. The molecule has 118 valence electrons. The Morgan fingerprint density at radius 3 is 2.45 bits per heavy atom. The molecule has 0 aromatic heterocycles. The first-order valence-corrected chi connectivity index (χ1v) is 8.86. The lowest BCUT2D eigenvalue weighted by molar-refractivity contribution is -0.137. The number of nitrogens with zero attached hydrogens (tertiary/aromatic N) is 1. The van der Waals surface area contributed by atoms with Crippen LogP contribution in [0, 0.1) is 5.92 Å². The summed E-state index contributed by atoms with van der Waals surface area (Å²) in [5, 5.41) is 8.71. The topological polar surface area (TPSA) is 86.7 Å². The van der Waals surface area contributed by atoms with Gasteiger partial charge in [-0.2, -0.15) is 12.7 Å². The molecule has 2 N–H and O–H groups in total. The predicted molar refractivity (Wildman–Crippen MR) is 77.6 cm³/mol. The molecule has 1 fully saturated rings. The molecular formula is C13H26N2O4S. The van der Waals surface area contributed by atoms with E-state index in [1.54, 1.807) is 0 Å². The molecule has 0 amide bonds. The van der Waals surface area contributed by atoms with Crippen LogP contribution >= 0.6 is 0 Å². The summed E-state index contributed by atoms with van der Waals surface area (Å²) in [5.74, 6) is -0.513. The second-order valence-corrected chi connectivity index (χ2v) is 7.14. The van der Waals surface area contributed by atoms with E-state index in [1.165, 1.54) is 4.31 Å². The quantitative estimate of drug-likeness (QED) is 0.641. The SMILES string of the molecule is CCCC(CCNS(=O)(=O)N1CCCC1)CCC(=O)O. The number of carboxylic acid groups (broad SMARTS) is 1. The van der Waals surface area contributed by atoms with Gasteiger partial charge in [0.05, 0.1) is 0 Å². The Labute approximate surface area is 121 Å². The summed E-state index contributed by atoms with van der Waals surface area (Å²) in [5.41, 5.74) is 0. The van der Waals surface area contributed by atoms with Crippen LogP contribution in [0.15, 0.2) is 0 Å². The van der Waals surface area contributed by atoms with Crippen LogP contribution < -0.4 is 4.72 Å². The fraction of sp³-hybridized carbons (Fsp3) is 0.923. The Morgan fingerprint density at radius 2 is 1.90 bits per heavy atom. The third kappa shape index (κ3) is 6.19. The molecule has 20 heavy (non-hydrogen) atoms. The highest BCUT2D eigenvalue weighted by Gasteiger charge is 2.24. The number of rotatable bonds is 10. The van der Waals surface area contributed by atoms with Crippen molar-refractivity contribution in [1.29, 1.82) is 0 Å². The maximum Gasteiger partial charge on any atom is 0.303 e. The number of nitrogens with one attached hydrogen (secondary N) is 1. The van der Waals surface area contributed by atoms with Crippen LogP contribution in [0.3, 0.4) is 0 Å². The highest BCUT2D eigenvalue weighted by Crippen LogP contribution is 2.18. The minimum absolute atomic E-state index is 0.156. The molecular weight excluding hydrogens is 280 g/mol. The van der Waals surface area contributed by atoms with Crippen LogP contribution in [0.4, 0.5) is 0 Å². The van der Waals surface area contributed by atoms with Crippen molar-refractivity contribution < 1.29 is 18.3 Å². The van der Waals surface area contributed by atoms with E-state index in [9.17, 15) is 13.2 Å². The molecule has 0 aromatic rings. The van der Waals surface area contributed by atoms with Gasteiger partial charge in [0.25, 0.3) is 10.2 Å². The molecule has 0 aliphatic carbocycles. The van der Waals surface area contributed by atoms with E-state index in [1.807, 2.05) is 0 Å². The standard InChI is InChI=1S/C13H26N2O4S/c1-2-5-12(6-7-13(16)17)8-9-14-20(18,19)15-10-3-4-11-15/h12,14H,2-11H2,1H3,(H,16,17). The summed E-state index contributed by atoms with van der Waals surface area (Å²) in [6.45, 7) is 3.66. The van der Waals surface area contributed by atoms with Gasteiger partial charge in [0.2, 0.25) is 0 Å². The Morgan fingerprint density at radius 1 is 1.25 bits per heavy atom.